The summed E-state index contributed by atoms with van der Waals surface area (Å²) in [7, 11) is 0. The molecule has 2 N–H and O–H groups in total. The molecular weight excluding hydrogens is 320 g/mol. The second kappa shape index (κ2) is 6.48. The maximum absolute atomic E-state index is 11.3. The maximum atomic E-state index is 11.3. The van der Waals surface area contributed by atoms with Crippen molar-refractivity contribution in [3.8, 4) is 6.07 Å². The number of hydrogen-bond donors (Lipinski definition) is 2. The standard InChI is InChI=1S/C12H10N8O4/c1-6-3-9(19(21)22)7(2)11(20(23)24)10(6)14-5-8(4-13)12-15-17-18-16-12/h3,5,14H,1-2H3,(H,15,16,17,18). The van der Waals surface area contributed by atoms with E-state index in [2.05, 4.69) is 25.9 Å². The van der Waals surface area contributed by atoms with Crippen molar-refractivity contribution in [3.63, 3.8) is 0 Å². The Balaban J connectivity index is 2.55. The fraction of sp³-hybridized carbons (Fsp3) is 0.167. The van der Waals surface area contributed by atoms with Crippen molar-refractivity contribution in [1.29, 1.82) is 5.26 Å². The monoisotopic (exact) mass is 330 g/mol. The van der Waals surface area contributed by atoms with Gasteiger partial charge in [-0.1, -0.05) is 0 Å². The van der Waals surface area contributed by atoms with Crippen LogP contribution in [0.25, 0.3) is 5.57 Å². The van der Waals surface area contributed by atoms with E-state index >= 15 is 0 Å². The maximum Gasteiger partial charge on any atom is 0.302 e. The number of aryl methyl sites for hydroxylation is 1. The lowest BCUT2D eigenvalue weighted by Gasteiger charge is -2.09. The molecule has 0 saturated heterocycles. The number of aromatic amines is 1. The van der Waals surface area contributed by atoms with Gasteiger partial charge < -0.3 is 5.32 Å². The number of rotatable bonds is 5. The second-order valence-corrected chi connectivity index (χ2v) is 4.62. The molecule has 0 saturated carbocycles. The summed E-state index contributed by atoms with van der Waals surface area (Å²) in [6.07, 6.45) is 1.17. The number of nitro benzene ring substituents is 2. The van der Waals surface area contributed by atoms with E-state index in [4.69, 9.17) is 5.26 Å². The SMILES string of the molecule is Cc1cc([N+](=O)[O-])c(C)c([N+](=O)[O-])c1NC=C(C#N)c1nn[nH]n1. The molecule has 122 valence electrons. The summed E-state index contributed by atoms with van der Waals surface area (Å²) in [6, 6.07) is 3.04. The first-order chi connectivity index (χ1) is 11.4. The summed E-state index contributed by atoms with van der Waals surface area (Å²) in [5, 5.41) is 46.8. The van der Waals surface area contributed by atoms with Gasteiger partial charge in [0.25, 0.3) is 5.69 Å². The molecule has 0 fully saturated rings. The minimum atomic E-state index is -0.716. The van der Waals surface area contributed by atoms with Crippen molar-refractivity contribution in [2.45, 2.75) is 13.8 Å². The van der Waals surface area contributed by atoms with Gasteiger partial charge >= 0.3 is 5.69 Å². The Morgan fingerprint density at radius 3 is 2.58 bits per heavy atom. The highest BCUT2D eigenvalue weighted by atomic mass is 16.6. The molecule has 2 aromatic rings. The number of H-pyrrole nitrogens is 1. The van der Waals surface area contributed by atoms with Gasteiger partial charge in [0.1, 0.15) is 22.9 Å². The Bertz CT molecular complexity index is 881. The minimum Gasteiger partial charge on any atom is -0.354 e. The number of nitrogens with one attached hydrogen (secondary N) is 2. The summed E-state index contributed by atoms with van der Waals surface area (Å²) in [5.41, 5.74) is -0.589. The Morgan fingerprint density at radius 1 is 1.38 bits per heavy atom. The summed E-state index contributed by atoms with van der Waals surface area (Å²) in [4.78, 5) is 20.9. The normalized spacial score (nSPS) is 11.0. The van der Waals surface area contributed by atoms with Crippen molar-refractivity contribution in [2.24, 2.45) is 0 Å². The van der Waals surface area contributed by atoms with E-state index < -0.39 is 15.5 Å². The van der Waals surface area contributed by atoms with E-state index in [-0.39, 0.29) is 33.9 Å². The molecule has 0 amide bonds. The highest BCUT2D eigenvalue weighted by molar-refractivity contribution is 5.79. The van der Waals surface area contributed by atoms with Crippen LogP contribution in [0.5, 0.6) is 0 Å². The zero-order chi connectivity index (χ0) is 17.9. The molecule has 0 bridgehead atoms. The van der Waals surface area contributed by atoms with E-state index in [0.29, 0.717) is 0 Å². The van der Waals surface area contributed by atoms with Gasteiger partial charge in [-0.3, -0.25) is 20.2 Å². The number of nitro groups is 2. The Kier molecular flexibility index (Phi) is 4.45. The lowest BCUT2D eigenvalue weighted by molar-refractivity contribution is -0.394. The smallest absolute Gasteiger partial charge is 0.302 e. The molecule has 2 rings (SSSR count). The lowest BCUT2D eigenvalue weighted by atomic mass is 10.1. The molecular formula is C12H10N8O4. The van der Waals surface area contributed by atoms with E-state index in [0.717, 1.165) is 0 Å². The van der Waals surface area contributed by atoms with E-state index in [1.807, 2.05) is 6.07 Å². The van der Waals surface area contributed by atoms with Gasteiger partial charge in [-0.25, -0.2) is 0 Å². The van der Waals surface area contributed by atoms with Gasteiger partial charge in [-0.05, 0) is 24.6 Å². The molecule has 1 aromatic heterocycles. The number of nitrogens with zero attached hydrogens (tertiary/aromatic N) is 6. The zero-order valence-electron chi connectivity index (χ0n) is 12.5. The molecule has 0 radical (unpaired) electrons. The number of anilines is 1. The second-order valence-electron chi connectivity index (χ2n) is 4.62. The first kappa shape index (κ1) is 16.5. The number of benzene rings is 1. The lowest BCUT2D eigenvalue weighted by Crippen LogP contribution is -2.04. The van der Waals surface area contributed by atoms with Crippen molar-refractivity contribution >= 4 is 22.6 Å². The molecule has 0 spiro atoms. The molecule has 0 atom stereocenters. The quantitative estimate of drug-likeness (QED) is 0.468. The molecule has 1 aromatic carbocycles. The summed E-state index contributed by atoms with van der Waals surface area (Å²) in [6.45, 7) is 2.77. The number of aromatic nitrogens is 4. The molecule has 12 heteroatoms. The van der Waals surface area contributed by atoms with Gasteiger partial charge in [-0.2, -0.15) is 10.5 Å². The summed E-state index contributed by atoms with van der Waals surface area (Å²) in [5.74, 6) is 0.00365. The molecule has 0 aliphatic heterocycles. The van der Waals surface area contributed by atoms with Crippen LogP contribution >= 0.6 is 0 Å². The zero-order valence-corrected chi connectivity index (χ0v) is 12.5. The fourth-order valence-electron chi connectivity index (χ4n) is 2.05. The van der Waals surface area contributed by atoms with Crippen LogP contribution in [0.2, 0.25) is 0 Å². The third-order valence-electron chi connectivity index (χ3n) is 3.17. The van der Waals surface area contributed by atoms with Crippen LogP contribution in [0.3, 0.4) is 0 Å². The van der Waals surface area contributed by atoms with Gasteiger partial charge in [-0.15, -0.1) is 10.2 Å². The van der Waals surface area contributed by atoms with E-state index in [9.17, 15) is 20.2 Å². The van der Waals surface area contributed by atoms with Crippen molar-refractivity contribution in [2.75, 3.05) is 5.32 Å². The highest BCUT2D eigenvalue weighted by Gasteiger charge is 2.27. The third kappa shape index (κ3) is 2.99. The van der Waals surface area contributed by atoms with E-state index in [1.165, 1.54) is 26.1 Å². The van der Waals surface area contributed by atoms with Crippen LogP contribution in [0.4, 0.5) is 17.1 Å². The largest absolute Gasteiger partial charge is 0.354 e. The van der Waals surface area contributed by atoms with Crippen LogP contribution in [0, 0.1) is 45.4 Å². The average molecular weight is 330 g/mol. The first-order valence-electron chi connectivity index (χ1n) is 6.40. The summed E-state index contributed by atoms with van der Waals surface area (Å²) < 4.78 is 0. The van der Waals surface area contributed by atoms with Crippen molar-refractivity contribution in [1.82, 2.24) is 20.6 Å². The Morgan fingerprint density at radius 2 is 2.08 bits per heavy atom. The Hall–Kier alpha value is -3.88. The van der Waals surface area contributed by atoms with Crippen LogP contribution in [0.15, 0.2) is 12.3 Å². The topological polar surface area (TPSA) is 177 Å². The van der Waals surface area contributed by atoms with Crippen LogP contribution in [0.1, 0.15) is 17.0 Å². The number of nitriles is 1. The van der Waals surface area contributed by atoms with E-state index in [1.54, 1.807) is 0 Å². The minimum absolute atomic E-state index is 0.00365. The Labute approximate surface area is 134 Å². The molecule has 24 heavy (non-hydrogen) atoms. The van der Waals surface area contributed by atoms with Gasteiger partial charge in [0.15, 0.2) is 0 Å². The molecule has 1 heterocycles. The van der Waals surface area contributed by atoms with Crippen LogP contribution < -0.4 is 5.32 Å². The molecule has 12 nitrogen and oxygen atoms in total. The predicted molar refractivity (Wildman–Crippen MR) is 80.6 cm³/mol. The van der Waals surface area contributed by atoms with Crippen LogP contribution in [-0.2, 0) is 0 Å². The third-order valence-corrected chi connectivity index (χ3v) is 3.17. The highest BCUT2D eigenvalue weighted by Crippen LogP contribution is 2.37. The summed E-state index contributed by atoms with van der Waals surface area (Å²) >= 11 is 0. The van der Waals surface area contributed by atoms with Gasteiger partial charge in [0.2, 0.25) is 5.82 Å². The number of hydrogen-bond acceptors (Lipinski definition) is 9. The van der Waals surface area contributed by atoms with Crippen molar-refractivity contribution < 1.29 is 9.85 Å². The number of allylic oxidation sites excluding steroid dienone is 1. The van der Waals surface area contributed by atoms with Gasteiger partial charge in [0.05, 0.1) is 9.85 Å². The predicted octanol–water partition coefficient (Wildman–Crippen LogP) is 1.61. The fourth-order valence-corrected chi connectivity index (χ4v) is 2.05. The number of tetrazole rings is 1. The van der Waals surface area contributed by atoms with Crippen LogP contribution in [-0.4, -0.2) is 30.5 Å². The molecule has 0 unspecified atom stereocenters. The molecule has 0 aliphatic carbocycles. The van der Waals surface area contributed by atoms with Gasteiger partial charge in [0, 0.05) is 12.3 Å². The van der Waals surface area contributed by atoms with Crippen molar-refractivity contribution in [3.05, 3.63) is 49.4 Å². The first-order valence-corrected chi connectivity index (χ1v) is 6.40. The molecule has 0 aliphatic rings. The average Bonchev–Trinajstić information content (AvgIpc) is 3.04.